The molecule has 1 heterocycles. The van der Waals surface area contributed by atoms with Crippen LogP contribution >= 0.6 is 11.3 Å². The number of ether oxygens (including phenoxy) is 1. The molecule has 0 fully saturated rings. The van der Waals surface area contributed by atoms with Crippen molar-refractivity contribution in [1.82, 2.24) is 10.3 Å². The average molecular weight is 228 g/mol. The quantitative estimate of drug-likeness (QED) is 0.796. The summed E-state index contributed by atoms with van der Waals surface area (Å²) in [4.78, 5) is 15.8. The van der Waals surface area contributed by atoms with E-state index in [0.717, 1.165) is 10.7 Å². The third-order valence-corrected chi connectivity index (χ3v) is 2.85. The zero-order chi connectivity index (χ0) is 11.4. The van der Waals surface area contributed by atoms with Crippen molar-refractivity contribution >= 4 is 17.3 Å². The van der Waals surface area contributed by atoms with Crippen molar-refractivity contribution in [2.45, 2.75) is 32.9 Å². The summed E-state index contributed by atoms with van der Waals surface area (Å²) in [5, 5.41) is 5.81. The lowest BCUT2D eigenvalue weighted by Gasteiger charge is -2.16. The van der Waals surface area contributed by atoms with Crippen molar-refractivity contribution in [3.05, 3.63) is 16.1 Å². The fourth-order valence-electron chi connectivity index (χ4n) is 1.20. The third-order valence-electron chi connectivity index (χ3n) is 1.82. The molecule has 5 heteroatoms. The van der Waals surface area contributed by atoms with Gasteiger partial charge in [0.25, 0.3) is 0 Å². The normalized spacial score (nSPS) is 12.9. The summed E-state index contributed by atoms with van der Waals surface area (Å²) in [7, 11) is 1.39. The Labute approximate surface area is 93.7 Å². The number of hydrogen-bond acceptors (Lipinski definition) is 5. The molecule has 1 aromatic heterocycles. The molecule has 0 bridgehead atoms. The maximum Gasteiger partial charge on any atom is 0.330 e. The Morgan fingerprint density at radius 2 is 2.27 bits per heavy atom. The molecule has 0 saturated heterocycles. The van der Waals surface area contributed by atoms with E-state index in [9.17, 15) is 4.79 Å². The van der Waals surface area contributed by atoms with Gasteiger partial charge in [0.1, 0.15) is 5.01 Å². The van der Waals surface area contributed by atoms with E-state index in [1.54, 1.807) is 0 Å². The van der Waals surface area contributed by atoms with Gasteiger partial charge in [-0.3, -0.25) is 5.32 Å². The number of aromatic nitrogens is 1. The Morgan fingerprint density at radius 1 is 1.60 bits per heavy atom. The van der Waals surface area contributed by atoms with Gasteiger partial charge in [0.05, 0.1) is 7.11 Å². The van der Waals surface area contributed by atoms with Crippen molar-refractivity contribution in [2.24, 2.45) is 0 Å². The number of thiazole rings is 1. The van der Waals surface area contributed by atoms with Gasteiger partial charge >= 0.3 is 5.97 Å². The van der Waals surface area contributed by atoms with Crippen LogP contribution in [0.2, 0.25) is 0 Å². The zero-order valence-corrected chi connectivity index (χ0v) is 10.2. The van der Waals surface area contributed by atoms with Gasteiger partial charge in [-0.15, -0.1) is 11.3 Å². The van der Waals surface area contributed by atoms with Crippen molar-refractivity contribution in [3.8, 4) is 0 Å². The number of rotatable bonds is 4. The van der Waals surface area contributed by atoms with Crippen molar-refractivity contribution < 1.29 is 9.53 Å². The first-order chi connectivity index (χ1) is 7.04. The highest BCUT2D eigenvalue weighted by molar-refractivity contribution is 7.09. The van der Waals surface area contributed by atoms with Gasteiger partial charge in [-0.25, -0.2) is 9.78 Å². The van der Waals surface area contributed by atoms with Crippen molar-refractivity contribution in [3.63, 3.8) is 0 Å². The molecule has 84 valence electrons. The molecule has 0 aliphatic carbocycles. The first kappa shape index (κ1) is 12.1. The highest BCUT2D eigenvalue weighted by Gasteiger charge is 2.24. The molecule has 15 heavy (non-hydrogen) atoms. The van der Waals surface area contributed by atoms with Crippen LogP contribution in [-0.4, -0.2) is 24.1 Å². The summed E-state index contributed by atoms with van der Waals surface area (Å²) in [5.41, 5.74) is 0.925. The van der Waals surface area contributed by atoms with E-state index in [-0.39, 0.29) is 12.0 Å². The largest absolute Gasteiger partial charge is 0.468 e. The molecule has 4 nitrogen and oxygen atoms in total. The summed E-state index contributed by atoms with van der Waals surface area (Å²) in [6, 6.07) is -0.244. The minimum atomic E-state index is -0.450. The number of hydrogen-bond donors (Lipinski definition) is 1. The van der Waals surface area contributed by atoms with Gasteiger partial charge in [-0.2, -0.15) is 0 Å². The molecule has 1 aromatic rings. The van der Waals surface area contributed by atoms with Gasteiger partial charge in [0, 0.05) is 17.1 Å². The minimum Gasteiger partial charge on any atom is -0.468 e. The van der Waals surface area contributed by atoms with Crippen LogP contribution in [0.5, 0.6) is 0 Å². The van der Waals surface area contributed by atoms with Gasteiger partial charge in [-0.1, -0.05) is 0 Å². The number of carbonyl (C=O) groups excluding carboxylic acids is 1. The lowest BCUT2D eigenvalue weighted by atomic mass is 10.2. The second-order valence-corrected chi connectivity index (χ2v) is 4.49. The zero-order valence-electron chi connectivity index (χ0n) is 9.40. The molecule has 1 rings (SSSR count). The number of esters is 1. The summed E-state index contributed by atoms with van der Waals surface area (Å²) in [6.07, 6.45) is 0. The first-order valence-electron chi connectivity index (χ1n) is 4.80. The van der Waals surface area contributed by atoms with Crippen molar-refractivity contribution in [1.29, 1.82) is 0 Å². The van der Waals surface area contributed by atoms with Gasteiger partial charge in [0.15, 0.2) is 6.04 Å². The van der Waals surface area contributed by atoms with E-state index >= 15 is 0 Å². The predicted molar refractivity (Wildman–Crippen MR) is 59.9 cm³/mol. The van der Waals surface area contributed by atoms with Crippen LogP contribution < -0.4 is 5.32 Å². The molecule has 0 aliphatic heterocycles. The Bertz CT molecular complexity index is 336. The number of methoxy groups -OCH3 is 1. The second kappa shape index (κ2) is 5.23. The lowest BCUT2D eigenvalue weighted by molar-refractivity contribution is -0.143. The Kier molecular flexibility index (Phi) is 4.23. The number of nitrogens with one attached hydrogen (secondary N) is 1. The molecule has 1 N–H and O–H groups in total. The summed E-state index contributed by atoms with van der Waals surface area (Å²) < 4.78 is 4.74. The molecule has 1 unspecified atom stereocenters. The van der Waals surface area contributed by atoms with Crippen LogP contribution in [0, 0.1) is 6.92 Å². The molecule has 0 amide bonds. The van der Waals surface area contributed by atoms with E-state index in [0.29, 0.717) is 0 Å². The van der Waals surface area contributed by atoms with Gasteiger partial charge in [-0.05, 0) is 20.8 Å². The lowest BCUT2D eigenvalue weighted by Crippen LogP contribution is -2.34. The standard InChI is InChI=1S/C10H16N2O2S/c1-6(2)11-8(10(13)14-4)9-12-7(3)5-15-9/h5-6,8,11H,1-4H3. The molecule has 0 saturated carbocycles. The van der Waals surface area contributed by atoms with Crippen molar-refractivity contribution in [2.75, 3.05) is 7.11 Å². The van der Waals surface area contributed by atoms with E-state index in [1.807, 2.05) is 26.2 Å². The van der Waals surface area contributed by atoms with Crippen LogP contribution in [0.1, 0.15) is 30.6 Å². The third kappa shape index (κ3) is 3.28. The first-order valence-corrected chi connectivity index (χ1v) is 5.68. The SMILES string of the molecule is COC(=O)C(NC(C)C)c1nc(C)cs1. The monoisotopic (exact) mass is 228 g/mol. The Morgan fingerprint density at radius 3 is 2.67 bits per heavy atom. The fourth-order valence-corrected chi connectivity index (χ4v) is 2.04. The highest BCUT2D eigenvalue weighted by Crippen LogP contribution is 2.19. The summed E-state index contributed by atoms with van der Waals surface area (Å²) in [5.74, 6) is -0.293. The molecule has 0 radical (unpaired) electrons. The number of aryl methyl sites for hydroxylation is 1. The van der Waals surface area contributed by atoms with Crippen LogP contribution in [-0.2, 0) is 9.53 Å². The second-order valence-electron chi connectivity index (χ2n) is 3.60. The van der Waals surface area contributed by atoms with E-state index in [2.05, 4.69) is 10.3 Å². The average Bonchev–Trinajstić information content (AvgIpc) is 2.59. The Hall–Kier alpha value is -0.940. The molecule has 0 aromatic carbocycles. The van der Waals surface area contributed by atoms with E-state index < -0.39 is 6.04 Å². The molecular formula is C10H16N2O2S. The maximum absolute atomic E-state index is 11.5. The highest BCUT2D eigenvalue weighted by atomic mass is 32.1. The molecule has 0 aliphatic rings. The molecule has 0 spiro atoms. The van der Waals surface area contributed by atoms with Crippen LogP contribution in [0.25, 0.3) is 0 Å². The van der Waals surface area contributed by atoms with Gasteiger partial charge < -0.3 is 4.74 Å². The topological polar surface area (TPSA) is 51.2 Å². The fraction of sp³-hybridized carbons (Fsp3) is 0.600. The maximum atomic E-state index is 11.5. The number of carbonyl (C=O) groups is 1. The van der Waals surface area contributed by atoms with Crippen LogP contribution in [0.3, 0.4) is 0 Å². The molecule has 1 atom stereocenters. The van der Waals surface area contributed by atoms with Crippen LogP contribution in [0.15, 0.2) is 5.38 Å². The van der Waals surface area contributed by atoms with E-state index in [1.165, 1.54) is 18.4 Å². The minimum absolute atomic E-state index is 0.207. The Balaban J connectivity index is 2.85. The summed E-state index contributed by atoms with van der Waals surface area (Å²) in [6.45, 7) is 5.87. The smallest absolute Gasteiger partial charge is 0.330 e. The van der Waals surface area contributed by atoms with E-state index in [4.69, 9.17) is 4.74 Å². The number of nitrogens with zero attached hydrogens (tertiary/aromatic N) is 1. The van der Waals surface area contributed by atoms with Crippen LogP contribution in [0.4, 0.5) is 0 Å². The van der Waals surface area contributed by atoms with Gasteiger partial charge in [0.2, 0.25) is 0 Å². The molecular weight excluding hydrogens is 212 g/mol. The summed E-state index contributed by atoms with van der Waals surface area (Å²) >= 11 is 1.47. The predicted octanol–water partition coefficient (Wildman–Crippen LogP) is 1.66.